The largest absolute Gasteiger partial charge is 0.215 e. The number of hydrogen-bond donors (Lipinski definition) is 0. The van der Waals surface area contributed by atoms with Crippen LogP contribution in [0, 0.1) is 27.7 Å². The van der Waals surface area contributed by atoms with Crippen molar-refractivity contribution in [2.24, 2.45) is 0 Å². The highest BCUT2D eigenvalue weighted by Crippen LogP contribution is 2.16. The van der Waals surface area contributed by atoms with E-state index in [0.29, 0.717) is 0 Å². The molecule has 0 N–H and O–H groups in total. The van der Waals surface area contributed by atoms with Gasteiger partial charge >= 0.3 is 0 Å². The normalized spacial score (nSPS) is 10.0. The van der Waals surface area contributed by atoms with E-state index >= 15 is 0 Å². The van der Waals surface area contributed by atoms with E-state index in [0.717, 1.165) is 22.7 Å². The molecular formula is C9H12I2N4. The highest BCUT2D eigenvalue weighted by molar-refractivity contribution is 15.0. The highest BCUT2D eigenvalue weighted by Gasteiger charge is 2.10. The van der Waals surface area contributed by atoms with Crippen LogP contribution in [-0.4, -0.2) is 19.8 Å². The summed E-state index contributed by atoms with van der Waals surface area (Å²) in [7, 11) is 0. The summed E-state index contributed by atoms with van der Waals surface area (Å²) in [6.07, 6.45) is 0. The van der Waals surface area contributed by atoms with Gasteiger partial charge in [-0.05, 0) is 33.3 Å². The van der Waals surface area contributed by atoms with Crippen LogP contribution in [0.5, 0.6) is 0 Å². The summed E-state index contributed by atoms with van der Waals surface area (Å²) in [6, 6.07) is 0. The van der Waals surface area contributed by atoms with Gasteiger partial charge in [0, 0.05) is 37.2 Å². The summed E-state index contributed by atoms with van der Waals surface area (Å²) >= 11 is 4.24. The predicted molar refractivity (Wildman–Crippen MR) is 77.8 cm³/mol. The molecule has 0 fully saturated rings. The third-order valence-corrected chi connectivity index (χ3v) is 2.35. The Morgan fingerprint density at radius 2 is 1.53 bits per heavy atom. The third kappa shape index (κ3) is 2.40. The SMILES string of the molecule is Cc1nn2c(C)nnc(C)c2c1C.II. The zero-order valence-corrected chi connectivity index (χ0v) is 13.4. The van der Waals surface area contributed by atoms with E-state index in [-0.39, 0.29) is 0 Å². The fraction of sp³-hybridized carbons (Fsp3) is 0.444. The zero-order valence-electron chi connectivity index (χ0n) is 9.04. The number of nitrogens with zero attached hydrogens (tertiary/aromatic N) is 4. The standard InChI is InChI=1S/C9H12N4.I2/c1-5-6(2)12-13-8(4)11-10-7(3)9(5)13;1-2/h1-4H3;. The lowest BCUT2D eigenvalue weighted by molar-refractivity contribution is 0.786. The second-order valence-corrected chi connectivity index (χ2v) is 3.30. The highest BCUT2D eigenvalue weighted by atomic mass is 128. The van der Waals surface area contributed by atoms with Gasteiger partial charge in [-0.15, -0.1) is 5.10 Å². The third-order valence-electron chi connectivity index (χ3n) is 2.35. The lowest BCUT2D eigenvalue weighted by Gasteiger charge is -1.99. The number of aromatic nitrogens is 4. The van der Waals surface area contributed by atoms with Crippen LogP contribution in [0.1, 0.15) is 22.8 Å². The maximum atomic E-state index is 4.39. The van der Waals surface area contributed by atoms with Crippen molar-refractivity contribution in [3.8, 4) is 0 Å². The molecule has 0 amide bonds. The van der Waals surface area contributed by atoms with Crippen LogP contribution in [0.4, 0.5) is 0 Å². The molecule has 2 aromatic rings. The molecule has 0 spiro atoms. The fourth-order valence-electron chi connectivity index (χ4n) is 1.50. The minimum atomic E-state index is 0.830. The molecule has 0 saturated carbocycles. The lowest BCUT2D eigenvalue weighted by atomic mass is 10.2. The number of hydrogen-bond acceptors (Lipinski definition) is 3. The first-order valence-corrected chi connectivity index (χ1v) is 10.7. The molecule has 2 rings (SSSR count). The van der Waals surface area contributed by atoms with Gasteiger partial charge in [-0.2, -0.15) is 10.2 Å². The molecular weight excluding hydrogens is 418 g/mol. The molecule has 0 radical (unpaired) electrons. The smallest absolute Gasteiger partial charge is 0.150 e. The van der Waals surface area contributed by atoms with Gasteiger partial charge in [0.15, 0.2) is 0 Å². The molecule has 0 aliphatic carbocycles. The van der Waals surface area contributed by atoms with Crippen LogP contribution >= 0.6 is 37.2 Å². The van der Waals surface area contributed by atoms with Gasteiger partial charge in [-0.3, -0.25) is 0 Å². The Hall–Kier alpha value is 0.0100. The Morgan fingerprint density at radius 1 is 0.933 bits per heavy atom. The maximum absolute atomic E-state index is 4.39. The minimum absolute atomic E-state index is 0.830. The number of halogens is 2. The molecule has 6 heteroatoms. The summed E-state index contributed by atoms with van der Waals surface area (Å²) < 4.78 is 1.85. The summed E-state index contributed by atoms with van der Waals surface area (Å²) in [5.41, 5.74) is 4.25. The Balaban J connectivity index is 0.000000531. The number of aryl methyl sites for hydroxylation is 4. The molecule has 0 bridgehead atoms. The van der Waals surface area contributed by atoms with Crippen LogP contribution in [0.25, 0.3) is 5.52 Å². The molecule has 0 aromatic carbocycles. The van der Waals surface area contributed by atoms with Crippen molar-refractivity contribution in [3.05, 3.63) is 22.8 Å². The molecule has 2 aromatic heterocycles. The summed E-state index contributed by atoms with van der Waals surface area (Å²) in [5, 5.41) is 12.5. The zero-order chi connectivity index (χ0) is 11.6. The molecule has 0 aliphatic heterocycles. The van der Waals surface area contributed by atoms with E-state index in [2.05, 4.69) is 59.5 Å². The topological polar surface area (TPSA) is 43.1 Å². The van der Waals surface area contributed by atoms with Crippen molar-refractivity contribution in [1.29, 1.82) is 0 Å². The van der Waals surface area contributed by atoms with Gasteiger partial charge in [0.2, 0.25) is 0 Å². The number of fused-ring (bicyclic) bond motifs is 1. The second-order valence-electron chi connectivity index (χ2n) is 3.30. The summed E-state index contributed by atoms with van der Waals surface area (Å²) in [6.45, 7) is 7.92. The van der Waals surface area contributed by atoms with Gasteiger partial charge in [0.1, 0.15) is 5.82 Å². The Bertz CT molecular complexity index is 478. The average molecular weight is 430 g/mol. The molecule has 0 saturated heterocycles. The van der Waals surface area contributed by atoms with Gasteiger partial charge in [0.05, 0.1) is 16.9 Å². The van der Waals surface area contributed by atoms with E-state index in [1.165, 1.54) is 5.56 Å². The first kappa shape index (κ1) is 13.1. The van der Waals surface area contributed by atoms with Crippen LogP contribution in [-0.2, 0) is 0 Å². The van der Waals surface area contributed by atoms with Crippen molar-refractivity contribution in [3.63, 3.8) is 0 Å². The molecule has 2 heterocycles. The van der Waals surface area contributed by atoms with E-state index in [9.17, 15) is 0 Å². The van der Waals surface area contributed by atoms with Crippen molar-refractivity contribution in [1.82, 2.24) is 19.8 Å². The second kappa shape index (κ2) is 5.37. The minimum Gasteiger partial charge on any atom is -0.215 e. The van der Waals surface area contributed by atoms with Crippen LogP contribution in [0.3, 0.4) is 0 Å². The quantitative estimate of drug-likeness (QED) is 0.604. The first-order valence-electron chi connectivity index (χ1n) is 4.41. The van der Waals surface area contributed by atoms with E-state index < -0.39 is 0 Å². The van der Waals surface area contributed by atoms with Crippen molar-refractivity contribution in [2.45, 2.75) is 27.7 Å². The summed E-state index contributed by atoms with van der Waals surface area (Å²) in [5.74, 6) is 0.830. The Labute approximate surface area is 112 Å². The Kier molecular flexibility index (Phi) is 4.68. The molecule has 82 valence electrons. The van der Waals surface area contributed by atoms with E-state index in [4.69, 9.17) is 0 Å². The van der Waals surface area contributed by atoms with Crippen LogP contribution < -0.4 is 0 Å². The fourth-order valence-corrected chi connectivity index (χ4v) is 1.50. The maximum Gasteiger partial charge on any atom is 0.150 e. The molecule has 0 unspecified atom stereocenters. The van der Waals surface area contributed by atoms with Crippen molar-refractivity contribution in [2.75, 3.05) is 0 Å². The molecule has 15 heavy (non-hydrogen) atoms. The first-order chi connectivity index (χ1) is 7.11. The summed E-state index contributed by atoms with van der Waals surface area (Å²) in [4.78, 5) is 0. The van der Waals surface area contributed by atoms with Crippen LogP contribution in [0.15, 0.2) is 0 Å². The average Bonchev–Trinajstić information content (AvgIpc) is 2.54. The number of rotatable bonds is 0. The van der Waals surface area contributed by atoms with Gasteiger partial charge in [0.25, 0.3) is 0 Å². The molecule has 0 aliphatic rings. The van der Waals surface area contributed by atoms with Gasteiger partial charge in [-0.25, -0.2) is 4.52 Å². The van der Waals surface area contributed by atoms with E-state index in [1.54, 1.807) is 0 Å². The van der Waals surface area contributed by atoms with Gasteiger partial charge in [-0.1, -0.05) is 0 Å². The lowest BCUT2D eigenvalue weighted by Crippen LogP contribution is -2.01. The Morgan fingerprint density at radius 3 is 2.07 bits per heavy atom. The monoisotopic (exact) mass is 430 g/mol. The van der Waals surface area contributed by atoms with Crippen molar-refractivity contribution >= 4 is 42.7 Å². The molecule has 0 atom stereocenters. The predicted octanol–water partition coefficient (Wildman–Crippen LogP) is 3.13. The van der Waals surface area contributed by atoms with E-state index in [1.807, 2.05) is 25.3 Å². The van der Waals surface area contributed by atoms with Gasteiger partial charge < -0.3 is 0 Å². The van der Waals surface area contributed by atoms with Crippen LogP contribution in [0.2, 0.25) is 0 Å². The molecule has 4 nitrogen and oxygen atoms in total. The van der Waals surface area contributed by atoms with Crippen molar-refractivity contribution < 1.29 is 0 Å².